The number of hydrogen-bond acceptors (Lipinski definition) is 1. The van der Waals surface area contributed by atoms with Crippen LogP contribution in [0.5, 0.6) is 0 Å². The third-order valence-corrected chi connectivity index (χ3v) is 1.48. The minimum Gasteiger partial charge on any atom is -0.582 e. The molecule has 3 rings (SSSR count). The maximum atomic E-state index is 3.47. The van der Waals surface area contributed by atoms with Gasteiger partial charge < -0.3 is 10.2 Å². The van der Waals surface area contributed by atoms with E-state index >= 15 is 0 Å². The number of hydrogen-bond donors (Lipinski definition) is 0. The van der Waals surface area contributed by atoms with E-state index in [0.717, 1.165) is 0 Å². The summed E-state index contributed by atoms with van der Waals surface area (Å²) in [5.74, 6) is 0. The Morgan fingerprint density at radius 2 is 1.24 bits per heavy atom. The minimum atomic E-state index is 0. The smallest absolute Gasteiger partial charge is 0.582 e. The molecule has 0 saturated carbocycles. The molecule has 0 N–H and O–H groups in total. The van der Waals surface area contributed by atoms with Crippen molar-refractivity contribution in [3.05, 3.63) is 79.1 Å². The van der Waals surface area contributed by atoms with Crippen LogP contribution in [0.3, 0.4) is 0 Å². The van der Waals surface area contributed by atoms with Crippen LogP contribution in [0, 0.1) is 0 Å². The standard InChI is InChI=1S/2C5H5.C3H3N2.Cu.Fe/c3*1-2-4-5-3-1;;/h2*1-5H;1-3H;;/q3*-1;;+3. The van der Waals surface area contributed by atoms with Gasteiger partial charge in [-0.25, -0.2) is 24.3 Å². The van der Waals surface area contributed by atoms with Gasteiger partial charge in [-0.1, -0.05) is 6.07 Å². The zero-order chi connectivity index (χ0) is 10.6. The summed E-state index contributed by atoms with van der Waals surface area (Å²) in [6, 6.07) is 21.8. The number of aromatic nitrogens is 2. The van der Waals surface area contributed by atoms with Gasteiger partial charge in [0.25, 0.3) is 0 Å². The van der Waals surface area contributed by atoms with Crippen LogP contribution < -0.4 is 5.10 Å². The first-order valence-electron chi connectivity index (χ1n) is 4.72. The second-order valence-electron chi connectivity index (χ2n) is 2.65. The monoisotopic (exact) mass is 316 g/mol. The molecule has 2 aromatic carbocycles. The van der Waals surface area contributed by atoms with Crippen LogP contribution in [0.2, 0.25) is 0 Å². The van der Waals surface area contributed by atoms with E-state index in [-0.39, 0.29) is 34.1 Å². The van der Waals surface area contributed by atoms with E-state index in [2.05, 4.69) is 10.2 Å². The molecule has 0 bridgehead atoms. The summed E-state index contributed by atoms with van der Waals surface area (Å²) >= 11 is 0. The summed E-state index contributed by atoms with van der Waals surface area (Å²) in [5, 5.41) is 6.94. The van der Waals surface area contributed by atoms with E-state index in [4.69, 9.17) is 0 Å². The van der Waals surface area contributed by atoms with Gasteiger partial charge in [0.05, 0.1) is 0 Å². The van der Waals surface area contributed by atoms with Crippen LogP contribution in [0.1, 0.15) is 0 Å². The molecule has 1 aromatic heterocycles. The zero-order valence-electron chi connectivity index (χ0n) is 9.06. The van der Waals surface area contributed by atoms with Crippen molar-refractivity contribution in [2.75, 3.05) is 0 Å². The topological polar surface area (TPSA) is 27.0 Å². The SMILES string of the molecule is [Cu].[Fe+3].c1cc[cH-]c1.c1cc[cH-]c1.c1cn[n-]c1. The van der Waals surface area contributed by atoms with Crippen molar-refractivity contribution in [3.63, 3.8) is 0 Å². The van der Waals surface area contributed by atoms with E-state index in [0.29, 0.717) is 0 Å². The summed E-state index contributed by atoms with van der Waals surface area (Å²) in [6.45, 7) is 0. The summed E-state index contributed by atoms with van der Waals surface area (Å²) < 4.78 is 0. The average molecular weight is 317 g/mol. The molecule has 0 unspecified atom stereocenters. The predicted molar refractivity (Wildman–Crippen MR) is 61.6 cm³/mol. The molecule has 0 aliphatic carbocycles. The molecule has 1 heterocycles. The third-order valence-electron chi connectivity index (χ3n) is 1.48. The quantitative estimate of drug-likeness (QED) is 0.471. The molecule has 4 heteroatoms. The summed E-state index contributed by atoms with van der Waals surface area (Å²) in [5.41, 5.74) is 0. The molecule has 17 heavy (non-hydrogen) atoms. The molecule has 0 atom stereocenters. The molecule has 0 spiro atoms. The molecule has 94 valence electrons. The fourth-order valence-corrected chi connectivity index (χ4v) is 0.834. The molecule has 3 aromatic rings. The maximum absolute atomic E-state index is 3.47. The van der Waals surface area contributed by atoms with Gasteiger partial charge in [-0.15, -0.1) is 0 Å². The fraction of sp³-hybridized carbons (Fsp3) is 0. The van der Waals surface area contributed by atoms with Crippen molar-refractivity contribution in [2.45, 2.75) is 0 Å². The van der Waals surface area contributed by atoms with Gasteiger partial charge in [-0.3, -0.25) is 0 Å². The Balaban J connectivity index is 0. The van der Waals surface area contributed by atoms with Gasteiger partial charge in [-0.2, -0.15) is 42.6 Å². The van der Waals surface area contributed by atoms with Crippen LogP contribution in [-0.2, 0) is 34.1 Å². The second-order valence-corrected chi connectivity index (χ2v) is 2.65. The molecule has 2 nitrogen and oxygen atoms in total. The van der Waals surface area contributed by atoms with E-state index in [9.17, 15) is 0 Å². The summed E-state index contributed by atoms with van der Waals surface area (Å²) in [6.07, 6.45) is 3.28. The molecular formula is C13H13CuFeN2. The summed E-state index contributed by atoms with van der Waals surface area (Å²) in [7, 11) is 0. The van der Waals surface area contributed by atoms with Gasteiger partial charge in [-0.05, 0) is 0 Å². The van der Waals surface area contributed by atoms with Crippen LogP contribution in [0.25, 0.3) is 0 Å². The van der Waals surface area contributed by atoms with E-state index in [1.165, 1.54) is 0 Å². The maximum Gasteiger partial charge on any atom is 3.00 e. The third kappa shape index (κ3) is 12.9. The Hall–Kier alpha value is -1.05. The molecule has 0 aliphatic heterocycles. The van der Waals surface area contributed by atoms with Crippen LogP contribution in [0.15, 0.2) is 79.1 Å². The van der Waals surface area contributed by atoms with Crippen molar-refractivity contribution in [1.29, 1.82) is 0 Å². The Labute approximate surface area is 123 Å². The molecule has 0 aliphatic rings. The Kier molecular flexibility index (Phi) is 16.1. The van der Waals surface area contributed by atoms with Gasteiger partial charge in [0.1, 0.15) is 0 Å². The molecule has 0 amide bonds. The first-order chi connectivity index (χ1) is 7.50. The molecule has 2 radical (unpaired) electrons. The van der Waals surface area contributed by atoms with E-state index in [1.807, 2.05) is 60.7 Å². The molecule has 0 saturated heterocycles. The van der Waals surface area contributed by atoms with E-state index < -0.39 is 0 Å². The summed E-state index contributed by atoms with van der Waals surface area (Å²) in [4.78, 5) is 0. The number of rotatable bonds is 0. The molecular weight excluding hydrogens is 304 g/mol. The van der Waals surface area contributed by atoms with Crippen molar-refractivity contribution in [2.24, 2.45) is 0 Å². The van der Waals surface area contributed by atoms with E-state index in [1.54, 1.807) is 18.5 Å². The number of nitrogens with zero attached hydrogens (tertiary/aromatic N) is 2. The first-order valence-corrected chi connectivity index (χ1v) is 4.72. The Morgan fingerprint density at radius 3 is 1.35 bits per heavy atom. The first kappa shape index (κ1) is 18.3. The van der Waals surface area contributed by atoms with Crippen LogP contribution in [0.4, 0.5) is 0 Å². The van der Waals surface area contributed by atoms with Crippen LogP contribution >= 0.6 is 0 Å². The van der Waals surface area contributed by atoms with Crippen molar-refractivity contribution in [1.82, 2.24) is 10.2 Å². The van der Waals surface area contributed by atoms with Crippen molar-refractivity contribution >= 4 is 0 Å². The largest absolute Gasteiger partial charge is 3.00 e. The normalized spacial score (nSPS) is 7.06. The zero-order valence-corrected chi connectivity index (χ0v) is 11.1. The van der Waals surface area contributed by atoms with Crippen LogP contribution in [-0.4, -0.2) is 5.10 Å². The van der Waals surface area contributed by atoms with Crippen molar-refractivity contribution < 1.29 is 34.1 Å². The van der Waals surface area contributed by atoms with Gasteiger partial charge in [0, 0.05) is 23.3 Å². The fourth-order valence-electron chi connectivity index (χ4n) is 0.834. The Morgan fingerprint density at radius 1 is 0.765 bits per heavy atom. The van der Waals surface area contributed by atoms with Gasteiger partial charge >= 0.3 is 17.1 Å². The Bertz CT molecular complexity index is 251. The van der Waals surface area contributed by atoms with Gasteiger partial charge in [0.2, 0.25) is 0 Å². The minimum absolute atomic E-state index is 0. The average Bonchev–Trinajstić information content (AvgIpc) is 3.09. The predicted octanol–water partition coefficient (Wildman–Crippen LogP) is 2.84. The van der Waals surface area contributed by atoms with Gasteiger partial charge in [0.15, 0.2) is 0 Å². The molecule has 0 fully saturated rings. The van der Waals surface area contributed by atoms with Crippen molar-refractivity contribution in [3.8, 4) is 0 Å². The second kappa shape index (κ2) is 14.9.